The topological polar surface area (TPSA) is 84.9 Å². The summed E-state index contributed by atoms with van der Waals surface area (Å²) in [6.07, 6.45) is 3.01. The van der Waals surface area contributed by atoms with E-state index in [1.54, 1.807) is 31.4 Å². The molecule has 1 amide bonds. The molecule has 0 radical (unpaired) electrons. The molecule has 0 aliphatic heterocycles. The Balaban J connectivity index is 1.76. The molecule has 0 aromatic heterocycles. The van der Waals surface area contributed by atoms with Crippen LogP contribution in [0.25, 0.3) is 0 Å². The number of carbonyl (C=O) groups excluding carboxylic acids is 1. The van der Waals surface area contributed by atoms with Gasteiger partial charge in [0.25, 0.3) is 0 Å². The van der Waals surface area contributed by atoms with Gasteiger partial charge in [-0.1, -0.05) is 0 Å². The van der Waals surface area contributed by atoms with Crippen LogP contribution in [-0.2, 0) is 14.8 Å². The monoisotopic (exact) mass is 356 g/mol. The molecule has 134 valence electrons. The predicted octanol–water partition coefficient (Wildman–Crippen LogP) is 0.862. The third kappa shape index (κ3) is 6.01. The van der Waals surface area contributed by atoms with Crippen molar-refractivity contribution in [3.63, 3.8) is 0 Å². The maximum atomic E-state index is 11.8. The van der Waals surface area contributed by atoms with E-state index in [1.807, 2.05) is 0 Å². The minimum Gasteiger partial charge on any atom is -0.497 e. The first-order valence-corrected chi connectivity index (χ1v) is 9.74. The highest BCUT2D eigenvalue weighted by atomic mass is 32.2. The highest BCUT2D eigenvalue weighted by Gasteiger charge is 2.29. The molecule has 0 saturated heterocycles. The number of rotatable bonds is 10. The van der Waals surface area contributed by atoms with Crippen LogP contribution in [-0.4, -0.2) is 58.2 Å². The number of methoxy groups -OCH3 is 1. The Hall–Kier alpha value is -1.80. The molecule has 1 saturated carbocycles. The number of benzene rings is 1. The fourth-order valence-electron chi connectivity index (χ4n) is 2.17. The van der Waals surface area contributed by atoms with E-state index in [9.17, 15) is 13.2 Å². The molecular weight excluding hydrogens is 332 g/mol. The first kappa shape index (κ1) is 18.5. The van der Waals surface area contributed by atoms with Gasteiger partial charge in [0.1, 0.15) is 18.1 Å². The van der Waals surface area contributed by atoms with Crippen LogP contribution in [0.3, 0.4) is 0 Å². The molecule has 8 heteroatoms. The third-order valence-corrected chi connectivity index (χ3v) is 5.05. The highest BCUT2D eigenvalue weighted by molar-refractivity contribution is 7.88. The zero-order valence-corrected chi connectivity index (χ0v) is 14.8. The Morgan fingerprint density at radius 2 is 1.83 bits per heavy atom. The van der Waals surface area contributed by atoms with Crippen LogP contribution in [0.2, 0.25) is 0 Å². The lowest BCUT2D eigenvalue weighted by Gasteiger charge is -2.20. The summed E-state index contributed by atoms with van der Waals surface area (Å²) in [5.74, 6) is 1.51. The molecule has 1 aromatic rings. The van der Waals surface area contributed by atoms with Crippen LogP contribution in [0, 0.1) is 5.92 Å². The molecule has 24 heavy (non-hydrogen) atoms. The summed E-state index contributed by atoms with van der Waals surface area (Å²) in [5, 5.41) is 2.77. The number of nitrogens with one attached hydrogen (secondary N) is 1. The van der Waals surface area contributed by atoms with Crippen molar-refractivity contribution < 1.29 is 22.7 Å². The van der Waals surface area contributed by atoms with Gasteiger partial charge in [-0.15, -0.1) is 0 Å². The highest BCUT2D eigenvalue weighted by Crippen LogP contribution is 2.28. The van der Waals surface area contributed by atoms with Crippen LogP contribution in [0.15, 0.2) is 24.3 Å². The Morgan fingerprint density at radius 1 is 1.21 bits per heavy atom. The predicted molar refractivity (Wildman–Crippen MR) is 90.6 cm³/mol. The van der Waals surface area contributed by atoms with Gasteiger partial charge in [0.15, 0.2) is 0 Å². The number of ether oxygens (including phenoxy) is 2. The quantitative estimate of drug-likeness (QED) is 0.672. The molecule has 0 bridgehead atoms. The number of hydrogen-bond acceptors (Lipinski definition) is 5. The number of sulfonamides is 1. The van der Waals surface area contributed by atoms with Gasteiger partial charge in [0.05, 0.1) is 13.4 Å². The number of amides is 1. The van der Waals surface area contributed by atoms with Crippen molar-refractivity contribution in [2.24, 2.45) is 5.92 Å². The lowest BCUT2D eigenvalue weighted by atomic mass is 10.3. The Bertz CT molecular complexity index is 641. The maximum Gasteiger partial charge on any atom is 0.223 e. The molecule has 1 aromatic carbocycles. The lowest BCUT2D eigenvalue weighted by molar-refractivity contribution is -0.122. The summed E-state index contributed by atoms with van der Waals surface area (Å²) in [7, 11) is -1.77. The molecule has 1 aliphatic carbocycles. The van der Waals surface area contributed by atoms with Gasteiger partial charge in [0.2, 0.25) is 15.9 Å². The van der Waals surface area contributed by atoms with Crippen LogP contribution in [0.1, 0.15) is 12.8 Å². The van der Waals surface area contributed by atoms with Gasteiger partial charge in [0, 0.05) is 25.6 Å². The molecule has 7 nitrogen and oxygen atoms in total. The van der Waals surface area contributed by atoms with Crippen LogP contribution in [0.5, 0.6) is 11.5 Å². The van der Waals surface area contributed by atoms with Crippen molar-refractivity contribution in [3.05, 3.63) is 24.3 Å². The van der Waals surface area contributed by atoms with Crippen LogP contribution >= 0.6 is 0 Å². The maximum absolute atomic E-state index is 11.8. The number of nitrogens with zero attached hydrogens (tertiary/aromatic N) is 1. The van der Waals surface area contributed by atoms with Gasteiger partial charge in [-0.05, 0) is 37.1 Å². The molecule has 1 N–H and O–H groups in total. The van der Waals surface area contributed by atoms with E-state index >= 15 is 0 Å². The van der Waals surface area contributed by atoms with Crippen molar-refractivity contribution in [2.75, 3.05) is 39.6 Å². The van der Waals surface area contributed by atoms with E-state index in [4.69, 9.17) is 9.47 Å². The van der Waals surface area contributed by atoms with Crippen molar-refractivity contribution in [1.29, 1.82) is 0 Å². The number of carbonyl (C=O) groups is 1. The third-order valence-electron chi connectivity index (χ3n) is 3.75. The Morgan fingerprint density at radius 3 is 2.38 bits per heavy atom. The van der Waals surface area contributed by atoms with Gasteiger partial charge in [-0.25, -0.2) is 8.42 Å². The van der Waals surface area contributed by atoms with Gasteiger partial charge in [-0.2, -0.15) is 4.31 Å². The van der Waals surface area contributed by atoms with Crippen LogP contribution in [0.4, 0.5) is 0 Å². The summed E-state index contributed by atoms with van der Waals surface area (Å²) in [6.45, 7) is 1.01. The minimum atomic E-state index is -3.35. The van der Waals surface area contributed by atoms with E-state index in [1.165, 1.54) is 4.31 Å². The smallest absolute Gasteiger partial charge is 0.223 e. The Kier molecular flexibility index (Phi) is 6.44. The fourth-order valence-corrected chi connectivity index (χ4v) is 3.00. The summed E-state index contributed by atoms with van der Waals surface area (Å²) in [5.41, 5.74) is 0. The fraction of sp³-hybridized carbons (Fsp3) is 0.562. The van der Waals surface area contributed by atoms with Gasteiger partial charge < -0.3 is 14.8 Å². The first-order chi connectivity index (χ1) is 11.4. The second kappa shape index (κ2) is 8.34. The second-order valence-electron chi connectivity index (χ2n) is 5.75. The zero-order valence-electron chi connectivity index (χ0n) is 14.0. The normalized spacial score (nSPS) is 14.5. The lowest BCUT2D eigenvalue weighted by Crippen LogP contribution is -2.40. The standard InChI is InChI=1S/C16H24N2O5S/c1-22-14-5-7-15(8-6-14)23-12-11-18(24(2,20)21)10-9-17-16(19)13-3-4-13/h5-8,13H,3-4,9-12H2,1-2H3,(H,17,19). The van der Waals surface area contributed by atoms with Crippen molar-refractivity contribution in [2.45, 2.75) is 12.8 Å². The summed E-state index contributed by atoms with van der Waals surface area (Å²) in [6, 6.07) is 7.08. The molecular formula is C16H24N2O5S. The van der Waals surface area contributed by atoms with Gasteiger partial charge >= 0.3 is 0 Å². The summed E-state index contributed by atoms with van der Waals surface area (Å²) >= 11 is 0. The summed E-state index contributed by atoms with van der Waals surface area (Å²) < 4.78 is 35.6. The average molecular weight is 356 g/mol. The van der Waals surface area contributed by atoms with Crippen molar-refractivity contribution in [3.8, 4) is 11.5 Å². The first-order valence-electron chi connectivity index (χ1n) is 7.90. The van der Waals surface area contributed by atoms with E-state index in [0.29, 0.717) is 12.3 Å². The minimum absolute atomic E-state index is 0.0120. The number of hydrogen-bond donors (Lipinski definition) is 1. The van der Waals surface area contributed by atoms with E-state index in [0.717, 1.165) is 24.8 Å². The zero-order chi connectivity index (χ0) is 17.6. The SMILES string of the molecule is COc1ccc(OCCN(CCNC(=O)C2CC2)S(C)(=O)=O)cc1. The second-order valence-corrected chi connectivity index (χ2v) is 7.73. The molecule has 0 heterocycles. The molecule has 2 rings (SSSR count). The Labute approximate surface area is 143 Å². The largest absolute Gasteiger partial charge is 0.497 e. The molecule has 0 spiro atoms. The van der Waals surface area contributed by atoms with E-state index in [-0.39, 0.29) is 31.5 Å². The average Bonchev–Trinajstić information content (AvgIpc) is 3.37. The molecule has 0 unspecified atom stereocenters. The molecule has 0 atom stereocenters. The molecule has 1 fully saturated rings. The van der Waals surface area contributed by atoms with Gasteiger partial charge in [-0.3, -0.25) is 4.79 Å². The summed E-state index contributed by atoms with van der Waals surface area (Å²) in [4.78, 5) is 11.6. The van der Waals surface area contributed by atoms with Crippen molar-refractivity contribution >= 4 is 15.9 Å². The van der Waals surface area contributed by atoms with Crippen LogP contribution < -0.4 is 14.8 Å². The van der Waals surface area contributed by atoms with E-state index < -0.39 is 10.0 Å². The van der Waals surface area contributed by atoms with Crippen molar-refractivity contribution in [1.82, 2.24) is 9.62 Å². The molecule has 1 aliphatic rings. The van der Waals surface area contributed by atoms with E-state index in [2.05, 4.69) is 5.32 Å².